The van der Waals surface area contributed by atoms with Crippen molar-refractivity contribution >= 4 is 27.2 Å². The summed E-state index contributed by atoms with van der Waals surface area (Å²) < 4.78 is 1.23. The molecule has 3 aromatic rings. The van der Waals surface area contributed by atoms with Crippen molar-refractivity contribution in [2.45, 2.75) is 0 Å². The number of hydrogen-bond acceptors (Lipinski definition) is 3. The molecule has 2 aromatic carbocycles. The van der Waals surface area contributed by atoms with Crippen LogP contribution in [0, 0.1) is 0 Å². The molecular formula is C16H14N2S. The van der Waals surface area contributed by atoms with E-state index in [1.807, 2.05) is 18.2 Å². The monoisotopic (exact) mass is 266 g/mol. The molecule has 0 radical (unpaired) electrons. The highest BCUT2D eigenvalue weighted by atomic mass is 32.1. The summed E-state index contributed by atoms with van der Waals surface area (Å²) in [5.74, 6) is 0. The Morgan fingerprint density at radius 2 is 1.89 bits per heavy atom. The predicted octanol–water partition coefficient (Wildman–Crippen LogP) is 4.56. The fourth-order valence-corrected chi connectivity index (χ4v) is 2.89. The third kappa shape index (κ3) is 2.51. The maximum Gasteiger partial charge on any atom is 0.124 e. The van der Waals surface area contributed by atoms with Crippen molar-refractivity contribution in [3.05, 3.63) is 61.2 Å². The van der Waals surface area contributed by atoms with Gasteiger partial charge in [-0.2, -0.15) is 0 Å². The van der Waals surface area contributed by atoms with Crippen LogP contribution in [0.15, 0.2) is 61.2 Å². The largest absolute Gasteiger partial charge is 0.382 e. The third-order valence-corrected chi connectivity index (χ3v) is 3.96. The van der Waals surface area contributed by atoms with Crippen LogP contribution >= 0.6 is 11.3 Å². The summed E-state index contributed by atoms with van der Waals surface area (Å²) in [6.07, 6.45) is 1.85. The summed E-state index contributed by atoms with van der Waals surface area (Å²) in [6.45, 7) is 4.47. The lowest BCUT2D eigenvalue weighted by atomic mass is 10.2. The normalized spacial score (nSPS) is 10.5. The lowest BCUT2D eigenvalue weighted by Crippen LogP contribution is -1.96. The van der Waals surface area contributed by atoms with Gasteiger partial charge in [0.15, 0.2) is 0 Å². The van der Waals surface area contributed by atoms with Gasteiger partial charge in [-0.05, 0) is 36.4 Å². The van der Waals surface area contributed by atoms with Crippen LogP contribution in [-0.2, 0) is 0 Å². The average Bonchev–Trinajstić information content (AvgIpc) is 2.89. The maximum atomic E-state index is 4.66. The molecule has 0 aliphatic heterocycles. The molecule has 0 atom stereocenters. The molecule has 1 aromatic heterocycles. The molecule has 0 aliphatic carbocycles. The van der Waals surface area contributed by atoms with Crippen LogP contribution in [0.25, 0.3) is 20.8 Å². The lowest BCUT2D eigenvalue weighted by Gasteiger charge is -2.03. The molecule has 0 bridgehead atoms. The Balaban J connectivity index is 1.90. The molecule has 0 aliphatic rings. The zero-order valence-corrected chi connectivity index (χ0v) is 11.3. The van der Waals surface area contributed by atoms with Gasteiger partial charge in [-0.25, -0.2) is 4.98 Å². The van der Waals surface area contributed by atoms with Crippen LogP contribution < -0.4 is 5.32 Å². The van der Waals surface area contributed by atoms with Gasteiger partial charge in [0.25, 0.3) is 0 Å². The summed E-state index contributed by atoms with van der Waals surface area (Å²) in [6, 6.07) is 16.6. The number of anilines is 1. The highest BCUT2D eigenvalue weighted by molar-refractivity contribution is 7.21. The Morgan fingerprint density at radius 3 is 2.63 bits per heavy atom. The summed E-state index contributed by atoms with van der Waals surface area (Å²) in [4.78, 5) is 4.66. The summed E-state index contributed by atoms with van der Waals surface area (Å²) >= 11 is 1.73. The minimum Gasteiger partial charge on any atom is -0.382 e. The standard InChI is InChI=1S/C16H14N2S/c1-2-11-17-13-9-7-12(8-10-13)16-18-14-5-3-4-6-15(14)19-16/h2-10,17H,1,11H2. The van der Waals surface area contributed by atoms with Crippen LogP contribution in [0.2, 0.25) is 0 Å². The van der Waals surface area contributed by atoms with Crippen molar-refractivity contribution < 1.29 is 0 Å². The summed E-state index contributed by atoms with van der Waals surface area (Å²) in [5.41, 5.74) is 3.33. The fourth-order valence-electron chi connectivity index (χ4n) is 1.92. The van der Waals surface area contributed by atoms with E-state index in [-0.39, 0.29) is 0 Å². The van der Waals surface area contributed by atoms with Crippen LogP contribution in [0.1, 0.15) is 0 Å². The van der Waals surface area contributed by atoms with Crippen molar-refractivity contribution in [1.29, 1.82) is 0 Å². The first-order valence-corrected chi connectivity index (χ1v) is 6.99. The SMILES string of the molecule is C=CCNc1ccc(-c2nc3ccccc3s2)cc1. The minimum atomic E-state index is 0.778. The molecule has 2 nitrogen and oxygen atoms in total. The number of nitrogens with zero attached hydrogens (tertiary/aromatic N) is 1. The Morgan fingerprint density at radius 1 is 1.11 bits per heavy atom. The lowest BCUT2D eigenvalue weighted by molar-refractivity contribution is 1.34. The van der Waals surface area contributed by atoms with E-state index in [0.717, 1.165) is 28.3 Å². The van der Waals surface area contributed by atoms with E-state index in [2.05, 4.69) is 53.3 Å². The van der Waals surface area contributed by atoms with E-state index in [1.54, 1.807) is 11.3 Å². The van der Waals surface area contributed by atoms with E-state index in [1.165, 1.54) is 4.70 Å². The quantitative estimate of drug-likeness (QED) is 0.700. The Hall–Kier alpha value is -2.13. The number of nitrogens with one attached hydrogen (secondary N) is 1. The summed E-state index contributed by atoms with van der Waals surface area (Å²) in [7, 11) is 0. The van der Waals surface area contributed by atoms with Crippen molar-refractivity contribution in [1.82, 2.24) is 4.98 Å². The van der Waals surface area contributed by atoms with Crippen LogP contribution in [0.5, 0.6) is 0 Å². The molecule has 0 spiro atoms. The average molecular weight is 266 g/mol. The molecule has 94 valence electrons. The number of fused-ring (bicyclic) bond motifs is 1. The minimum absolute atomic E-state index is 0.778. The highest BCUT2D eigenvalue weighted by Gasteiger charge is 2.05. The zero-order valence-electron chi connectivity index (χ0n) is 10.5. The predicted molar refractivity (Wildman–Crippen MR) is 83.7 cm³/mol. The van der Waals surface area contributed by atoms with Crippen LogP contribution in [-0.4, -0.2) is 11.5 Å². The van der Waals surface area contributed by atoms with Gasteiger partial charge in [0.05, 0.1) is 10.2 Å². The number of rotatable bonds is 4. The Kier molecular flexibility index (Phi) is 3.29. The Bertz CT molecular complexity index is 665. The van der Waals surface area contributed by atoms with Crippen molar-refractivity contribution in [2.75, 3.05) is 11.9 Å². The number of hydrogen-bond donors (Lipinski definition) is 1. The smallest absolute Gasteiger partial charge is 0.124 e. The van der Waals surface area contributed by atoms with Crippen molar-refractivity contribution in [2.24, 2.45) is 0 Å². The zero-order chi connectivity index (χ0) is 13.1. The number of thiazole rings is 1. The number of para-hydroxylation sites is 1. The molecule has 1 heterocycles. The molecule has 19 heavy (non-hydrogen) atoms. The van der Waals surface area contributed by atoms with E-state index < -0.39 is 0 Å². The van der Waals surface area contributed by atoms with Gasteiger partial charge >= 0.3 is 0 Å². The second-order valence-corrected chi connectivity index (χ2v) is 5.26. The first-order valence-electron chi connectivity index (χ1n) is 6.17. The van der Waals surface area contributed by atoms with Crippen molar-refractivity contribution in [3.8, 4) is 10.6 Å². The molecular weight excluding hydrogens is 252 g/mol. The highest BCUT2D eigenvalue weighted by Crippen LogP contribution is 2.30. The van der Waals surface area contributed by atoms with Gasteiger partial charge in [0.2, 0.25) is 0 Å². The molecule has 1 N–H and O–H groups in total. The Labute approximate surface area is 116 Å². The van der Waals surface area contributed by atoms with E-state index in [9.17, 15) is 0 Å². The van der Waals surface area contributed by atoms with Gasteiger partial charge in [0, 0.05) is 17.8 Å². The molecule has 3 heteroatoms. The molecule has 0 unspecified atom stereocenters. The second-order valence-electron chi connectivity index (χ2n) is 4.23. The first kappa shape index (κ1) is 11.9. The number of benzene rings is 2. The van der Waals surface area contributed by atoms with E-state index >= 15 is 0 Å². The second kappa shape index (κ2) is 5.24. The summed E-state index contributed by atoms with van der Waals surface area (Å²) in [5, 5.41) is 4.33. The molecule has 0 saturated carbocycles. The van der Waals surface area contributed by atoms with E-state index in [4.69, 9.17) is 0 Å². The maximum absolute atomic E-state index is 4.66. The van der Waals surface area contributed by atoms with Crippen LogP contribution in [0.3, 0.4) is 0 Å². The fraction of sp³-hybridized carbons (Fsp3) is 0.0625. The van der Waals surface area contributed by atoms with Gasteiger partial charge in [-0.15, -0.1) is 17.9 Å². The van der Waals surface area contributed by atoms with Crippen LogP contribution in [0.4, 0.5) is 5.69 Å². The van der Waals surface area contributed by atoms with Crippen molar-refractivity contribution in [3.63, 3.8) is 0 Å². The molecule has 0 amide bonds. The molecule has 0 saturated heterocycles. The van der Waals surface area contributed by atoms with Gasteiger partial charge in [-0.3, -0.25) is 0 Å². The van der Waals surface area contributed by atoms with Gasteiger partial charge in [0.1, 0.15) is 5.01 Å². The van der Waals surface area contributed by atoms with Gasteiger partial charge < -0.3 is 5.32 Å². The molecule has 0 fully saturated rings. The van der Waals surface area contributed by atoms with Gasteiger partial charge in [-0.1, -0.05) is 18.2 Å². The number of aromatic nitrogens is 1. The van der Waals surface area contributed by atoms with E-state index in [0.29, 0.717) is 0 Å². The third-order valence-electron chi connectivity index (χ3n) is 2.88. The topological polar surface area (TPSA) is 24.9 Å². The molecule has 3 rings (SSSR count). The first-order chi connectivity index (χ1) is 9.36.